The Labute approximate surface area is 149 Å². The van der Waals surface area contributed by atoms with E-state index in [0.29, 0.717) is 0 Å². The van der Waals surface area contributed by atoms with Gasteiger partial charge in [-0.05, 0) is 17.2 Å². The molecule has 1 atom stereocenters. The molecule has 1 aliphatic rings. The summed E-state index contributed by atoms with van der Waals surface area (Å²) in [5.74, 6) is -1.58. The second kappa shape index (κ2) is 7.49. The van der Waals surface area contributed by atoms with Gasteiger partial charge in [0.25, 0.3) is 11.5 Å². The number of carboxylic acid groups (broad SMARTS) is 1. The van der Waals surface area contributed by atoms with E-state index in [1.165, 1.54) is 24.1 Å². The summed E-state index contributed by atoms with van der Waals surface area (Å²) in [4.78, 5) is 37.7. The van der Waals surface area contributed by atoms with E-state index in [1.807, 2.05) is 24.3 Å². The Kier molecular flexibility index (Phi) is 5.13. The van der Waals surface area contributed by atoms with Crippen LogP contribution in [0.4, 0.5) is 0 Å². The van der Waals surface area contributed by atoms with Crippen LogP contribution in [-0.4, -0.2) is 51.4 Å². The van der Waals surface area contributed by atoms with Gasteiger partial charge in [-0.1, -0.05) is 24.3 Å². The molecule has 26 heavy (non-hydrogen) atoms. The maximum absolute atomic E-state index is 12.9. The van der Waals surface area contributed by atoms with Crippen molar-refractivity contribution >= 4 is 11.9 Å². The minimum Gasteiger partial charge on any atom is -0.480 e. The van der Waals surface area contributed by atoms with Crippen molar-refractivity contribution in [1.29, 1.82) is 0 Å². The van der Waals surface area contributed by atoms with Crippen molar-refractivity contribution in [3.63, 3.8) is 0 Å². The van der Waals surface area contributed by atoms with Crippen LogP contribution in [0.3, 0.4) is 0 Å². The minimum atomic E-state index is -1.07. The SMILES string of the molecule is COCCn1nc(C(=O)N2Cc3ccccc3CC2C(=O)O)ccc1=O. The van der Waals surface area contributed by atoms with Gasteiger partial charge in [0.05, 0.1) is 13.2 Å². The Bertz CT molecular complexity index is 892. The Morgan fingerprint density at radius 1 is 1.23 bits per heavy atom. The van der Waals surface area contributed by atoms with E-state index in [4.69, 9.17) is 4.74 Å². The molecule has 8 nitrogen and oxygen atoms in total. The number of aromatic nitrogens is 2. The Balaban J connectivity index is 1.93. The molecule has 0 aliphatic carbocycles. The van der Waals surface area contributed by atoms with Gasteiger partial charge in [-0.25, -0.2) is 9.48 Å². The largest absolute Gasteiger partial charge is 0.480 e. The summed E-state index contributed by atoms with van der Waals surface area (Å²) in [6.07, 6.45) is 0.237. The fourth-order valence-corrected chi connectivity index (χ4v) is 3.01. The molecule has 0 bridgehead atoms. The molecule has 1 amide bonds. The molecule has 2 aromatic rings. The Morgan fingerprint density at radius 2 is 1.96 bits per heavy atom. The van der Waals surface area contributed by atoms with Crippen LogP contribution in [-0.2, 0) is 29.0 Å². The number of rotatable bonds is 5. The van der Waals surface area contributed by atoms with Gasteiger partial charge < -0.3 is 14.7 Å². The molecule has 1 aromatic heterocycles. The van der Waals surface area contributed by atoms with Gasteiger partial charge in [0, 0.05) is 26.1 Å². The van der Waals surface area contributed by atoms with Crippen LogP contribution in [0.1, 0.15) is 21.6 Å². The van der Waals surface area contributed by atoms with Crippen molar-refractivity contribution in [2.24, 2.45) is 0 Å². The van der Waals surface area contributed by atoms with Crippen LogP contribution in [0, 0.1) is 0 Å². The van der Waals surface area contributed by atoms with Gasteiger partial charge in [-0.2, -0.15) is 5.10 Å². The minimum absolute atomic E-state index is 0.0336. The van der Waals surface area contributed by atoms with Crippen molar-refractivity contribution in [3.05, 3.63) is 63.6 Å². The summed E-state index contributed by atoms with van der Waals surface area (Å²) in [5, 5.41) is 13.6. The van der Waals surface area contributed by atoms with Crippen LogP contribution in [0.15, 0.2) is 41.2 Å². The summed E-state index contributed by atoms with van der Waals surface area (Å²) in [5.41, 5.74) is 1.51. The molecule has 0 fully saturated rings. The van der Waals surface area contributed by atoms with Gasteiger partial charge in [0.1, 0.15) is 11.7 Å². The second-order valence-electron chi connectivity index (χ2n) is 6.03. The average Bonchev–Trinajstić information content (AvgIpc) is 2.65. The number of methoxy groups -OCH3 is 1. The lowest BCUT2D eigenvalue weighted by Gasteiger charge is -2.34. The van der Waals surface area contributed by atoms with Crippen LogP contribution in [0.5, 0.6) is 0 Å². The molecule has 136 valence electrons. The molecule has 1 N–H and O–H groups in total. The first-order chi connectivity index (χ1) is 12.5. The van der Waals surface area contributed by atoms with Gasteiger partial charge in [0.2, 0.25) is 0 Å². The molecule has 1 aromatic carbocycles. The van der Waals surface area contributed by atoms with E-state index >= 15 is 0 Å². The summed E-state index contributed by atoms with van der Waals surface area (Å²) in [7, 11) is 1.50. The van der Waals surface area contributed by atoms with Gasteiger partial charge in [-0.15, -0.1) is 0 Å². The van der Waals surface area contributed by atoms with E-state index < -0.39 is 17.9 Å². The second-order valence-corrected chi connectivity index (χ2v) is 6.03. The van der Waals surface area contributed by atoms with Crippen LogP contribution in [0.25, 0.3) is 0 Å². The summed E-state index contributed by atoms with van der Waals surface area (Å²) in [6.45, 7) is 0.673. The number of benzene rings is 1. The zero-order valence-corrected chi connectivity index (χ0v) is 14.3. The molecule has 1 aliphatic heterocycles. The number of hydrogen-bond acceptors (Lipinski definition) is 5. The number of carbonyl (C=O) groups is 2. The third-order valence-electron chi connectivity index (χ3n) is 4.39. The zero-order valence-electron chi connectivity index (χ0n) is 14.3. The maximum atomic E-state index is 12.9. The monoisotopic (exact) mass is 357 g/mol. The zero-order chi connectivity index (χ0) is 18.7. The Hall–Kier alpha value is -3.00. The lowest BCUT2D eigenvalue weighted by Crippen LogP contribution is -2.49. The molecule has 0 spiro atoms. The predicted octanol–water partition coefficient (Wildman–Crippen LogP) is 0.541. The molecular weight excluding hydrogens is 338 g/mol. The van der Waals surface area contributed by atoms with Crippen LogP contribution >= 0.6 is 0 Å². The third-order valence-corrected chi connectivity index (χ3v) is 4.39. The number of nitrogens with zero attached hydrogens (tertiary/aromatic N) is 3. The molecule has 0 saturated carbocycles. The van der Waals surface area contributed by atoms with Crippen molar-refractivity contribution in [1.82, 2.24) is 14.7 Å². The highest BCUT2D eigenvalue weighted by atomic mass is 16.5. The number of carboxylic acids is 1. The van der Waals surface area contributed by atoms with Crippen molar-refractivity contribution in [2.75, 3.05) is 13.7 Å². The number of carbonyl (C=O) groups excluding carboxylic acids is 1. The topological polar surface area (TPSA) is 102 Å². The fourth-order valence-electron chi connectivity index (χ4n) is 3.01. The standard InChI is InChI=1S/C18H19N3O5/c1-26-9-8-21-16(22)7-6-14(19-21)17(23)20-11-13-5-3-2-4-12(13)10-15(20)18(24)25/h2-7,15H,8-11H2,1H3,(H,24,25). The maximum Gasteiger partial charge on any atom is 0.326 e. The van der Waals surface area contributed by atoms with Gasteiger partial charge in [0.15, 0.2) is 0 Å². The molecule has 8 heteroatoms. The lowest BCUT2D eigenvalue weighted by molar-refractivity contribution is -0.142. The predicted molar refractivity (Wildman–Crippen MR) is 91.8 cm³/mol. The van der Waals surface area contributed by atoms with E-state index in [1.54, 1.807) is 0 Å². The molecule has 2 heterocycles. The molecule has 1 unspecified atom stereocenters. The smallest absolute Gasteiger partial charge is 0.326 e. The quantitative estimate of drug-likeness (QED) is 0.838. The first kappa shape index (κ1) is 17.8. The number of fused-ring (bicyclic) bond motifs is 1. The highest BCUT2D eigenvalue weighted by Gasteiger charge is 2.35. The highest BCUT2D eigenvalue weighted by Crippen LogP contribution is 2.24. The van der Waals surface area contributed by atoms with Crippen molar-refractivity contribution in [2.45, 2.75) is 25.6 Å². The van der Waals surface area contributed by atoms with E-state index in [-0.39, 0.29) is 37.4 Å². The number of aliphatic carboxylic acids is 1. The van der Waals surface area contributed by atoms with E-state index in [9.17, 15) is 19.5 Å². The van der Waals surface area contributed by atoms with Gasteiger partial charge in [-0.3, -0.25) is 9.59 Å². The molecule has 3 rings (SSSR count). The molecule has 0 radical (unpaired) electrons. The van der Waals surface area contributed by atoms with E-state index in [2.05, 4.69) is 5.10 Å². The normalized spacial score (nSPS) is 16.2. The average molecular weight is 357 g/mol. The molecular formula is C18H19N3O5. The van der Waals surface area contributed by atoms with Crippen LogP contribution < -0.4 is 5.56 Å². The number of hydrogen-bond donors (Lipinski definition) is 1. The van der Waals surface area contributed by atoms with Gasteiger partial charge >= 0.3 is 5.97 Å². The highest BCUT2D eigenvalue weighted by molar-refractivity contribution is 5.95. The fraction of sp³-hybridized carbons (Fsp3) is 0.333. The molecule has 0 saturated heterocycles. The number of amides is 1. The first-order valence-corrected chi connectivity index (χ1v) is 8.19. The van der Waals surface area contributed by atoms with Crippen molar-refractivity contribution < 1.29 is 19.4 Å². The lowest BCUT2D eigenvalue weighted by atomic mass is 9.93. The number of ether oxygens (including phenoxy) is 1. The summed E-state index contributed by atoms with van der Waals surface area (Å²) < 4.78 is 6.08. The first-order valence-electron chi connectivity index (χ1n) is 8.19. The van der Waals surface area contributed by atoms with Crippen molar-refractivity contribution in [3.8, 4) is 0 Å². The van der Waals surface area contributed by atoms with Crippen LogP contribution in [0.2, 0.25) is 0 Å². The summed E-state index contributed by atoms with van der Waals surface area (Å²) in [6, 6.07) is 9.06. The summed E-state index contributed by atoms with van der Waals surface area (Å²) >= 11 is 0. The Morgan fingerprint density at radius 3 is 2.65 bits per heavy atom. The third kappa shape index (κ3) is 3.50. The van der Waals surface area contributed by atoms with E-state index in [0.717, 1.165) is 15.8 Å².